The van der Waals surface area contributed by atoms with Gasteiger partial charge in [0.15, 0.2) is 5.69 Å². The molecule has 0 radical (unpaired) electrons. The van der Waals surface area contributed by atoms with Crippen LogP contribution in [0.5, 0.6) is 5.75 Å². The number of nitrogens with one attached hydrogen (secondary N) is 2. The molecule has 35 heavy (non-hydrogen) atoms. The number of nitrogen functional groups attached to an aromatic ring is 1. The molecule has 0 spiro atoms. The van der Waals surface area contributed by atoms with Gasteiger partial charge in [-0.05, 0) is 40.6 Å². The zero-order valence-electron chi connectivity index (χ0n) is 17.7. The van der Waals surface area contributed by atoms with Gasteiger partial charge in [-0.25, -0.2) is 10.1 Å². The van der Waals surface area contributed by atoms with Crippen LogP contribution in [0.4, 0.5) is 11.5 Å². The van der Waals surface area contributed by atoms with Gasteiger partial charge in [-0.15, -0.1) is 5.10 Å². The van der Waals surface area contributed by atoms with Crippen molar-refractivity contribution in [2.24, 2.45) is 10.8 Å². The first kappa shape index (κ1) is 23.2. The Balaban J connectivity index is 1.62. The van der Waals surface area contributed by atoms with Crippen LogP contribution in [-0.4, -0.2) is 48.4 Å². The third kappa shape index (κ3) is 5.01. The predicted octanol–water partition coefficient (Wildman–Crippen LogP) is 1.07. The number of hydrogen-bond acceptors (Lipinski definition) is 11. The summed E-state index contributed by atoms with van der Waals surface area (Å²) in [5, 5.41) is 32.1. The van der Waals surface area contributed by atoms with E-state index in [0.717, 1.165) is 4.68 Å². The van der Waals surface area contributed by atoms with Crippen LogP contribution in [0.1, 0.15) is 32.1 Å². The summed E-state index contributed by atoms with van der Waals surface area (Å²) in [5.74, 6) is -1.53. The molecular formula is C20H17ClN10O4. The highest BCUT2D eigenvalue weighted by atomic mass is 35.5. The SMILES string of the molecule is NC(=O)c1ccccc1NCc1c(C(=O)N/N=C\c2cc(Cl)ccc2O)nnn1-c1nonc1N. The first-order valence-electron chi connectivity index (χ1n) is 9.82. The molecule has 4 rings (SSSR count). The minimum atomic E-state index is -0.732. The number of nitrogens with zero attached hydrogens (tertiary/aromatic N) is 6. The van der Waals surface area contributed by atoms with Gasteiger partial charge in [0.2, 0.25) is 11.6 Å². The minimum Gasteiger partial charge on any atom is -0.507 e. The Bertz CT molecular complexity index is 1430. The van der Waals surface area contributed by atoms with Crippen LogP contribution in [0.15, 0.2) is 52.2 Å². The summed E-state index contributed by atoms with van der Waals surface area (Å²) < 4.78 is 5.78. The minimum absolute atomic E-state index is 0.00360. The first-order chi connectivity index (χ1) is 16.8. The number of primary amides is 1. The van der Waals surface area contributed by atoms with Crippen molar-refractivity contribution in [3.05, 3.63) is 70.0 Å². The fourth-order valence-corrected chi connectivity index (χ4v) is 3.20. The largest absolute Gasteiger partial charge is 0.507 e. The van der Waals surface area contributed by atoms with E-state index < -0.39 is 11.8 Å². The van der Waals surface area contributed by atoms with E-state index in [1.165, 1.54) is 24.4 Å². The Morgan fingerprint density at radius 3 is 2.77 bits per heavy atom. The van der Waals surface area contributed by atoms with Crippen molar-refractivity contribution in [2.75, 3.05) is 11.1 Å². The highest BCUT2D eigenvalue weighted by molar-refractivity contribution is 6.30. The van der Waals surface area contributed by atoms with Crippen LogP contribution in [0.3, 0.4) is 0 Å². The molecule has 0 atom stereocenters. The van der Waals surface area contributed by atoms with E-state index in [4.69, 9.17) is 23.1 Å². The maximum Gasteiger partial charge on any atom is 0.293 e. The van der Waals surface area contributed by atoms with Crippen molar-refractivity contribution in [1.82, 2.24) is 30.7 Å². The molecule has 0 aliphatic carbocycles. The number of anilines is 2. The Labute approximate surface area is 201 Å². The van der Waals surface area contributed by atoms with Crippen LogP contribution < -0.4 is 22.2 Å². The lowest BCUT2D eigenvalue weighted by Gasteiger charge is -2.11. The van der Waals surface area contributed by atoms with Crippen molar-refractivity contribution < 1.29 is 19.3 Å². The molecule has 178 valence electrons. The van der Waals surface area contributed by atoms with Crippen molar-refractivity contribution in [3.63, 3.8) is 0 Å². The van der Waals surface area contributed by atoms with E-state index in [1.807, 2.05) is 0 Å². The zero-order chi connectivity index (χ0) is 24.9. The second-order valence-corrected chi connectivity index (χ2v) is 7.37. The van der Waals surface area contributed by atoms with E-state index in [-0.39, 0.29) is 46.4 Å². The summed E-state index contributed by atoms with van der Waals surface area (Å²) in [7, 11) is 0. The number of phenolic OH excluding ortho intramolecular Hbond substituents is 1. The molecule has 0 saturated carbocycles. The van der Waals surface area contributed by atoms with Crippen LogP contribution in [0, 0.1) is 0 Å². The van der Waals surface area contributed by atoms with Gasteiger partial charge in [0.05, 0.1) is 24.0 Å². The average molecular weight is 497 g/mol. The Morgan fingerprint density at radius 2 is 2.03 bits per heavy atom. The average Bonchev–Trinajstić information content (AvgIpc) is 3.45. The van der Waals surface area contributed by atoms with Gasteiger partial charge in [-0.1, -0.05) is 28.9 Å². The molecule has 15 heteroatoms. The quantitative estimate of drug-likeness (QED) is 0.173. The molecule has 2 aromatic heterocycles. The van der Waals surface area contributed by atoms with Gasteiger partial charge >= 0.3 is 0 Å². The summed E-state index contributed by atoms with van der Waals surface area (Å²) in [6, 6.07) is 10.9. The fourth-order valence-electron chi connectivity index (χ4n) is 3.02. The summed E-state index contributed by atoms with van der Waals surface area (Å²) >= 11 is 5.91. The zero-order valence-corrected chi connectivity index (χ0v) is 18.5. The van der Waals surface area contributed by atoms with Gasteiger partial charge in [-0.3, -0.25) is 9.59 Å². The second-order valence-electron chi connectivity index (χ2n) is 6.94. The standard InChI is InChI=1S/C20H17ClN10O4/c21-11-5-6-15(32)10(7-11)8-25-27-20(34)16-14(31(30-26-16)19-17(22)28-35-29-19)9-24-13-4-2-1-3-12(13)18(23)33/h1-8,24,32H,9H2,(H2,22,28)(H2,23,33)(H,27,34)/b25-8-. The molecule has 2 amide bonds. The van der Waals surface area contributed by atoms with Crippen LogP contribution >= 0.6 is 11.6 Å². The monoisotopic (exact) mass is 496 g/mol. The van der Waals surface area contributed by atoms with Crippen LogP contribution in [-0.2, 0) is 6.54 Å². The molecule has 0 aliphatic heterocycles. The van der Waals surface area contributed by atoms with Crippen molar-refractivity contribution in [2.45, 2.75) is 6.54 Å². The molecule has 0 aliphatic rings. The van der Waals surface area contributed by atoms with Crippen molar-refractivity contribution in [3.8, 4) is 11.6 Å². The van der Waals surface area contributed by atoms with E-state index in [9.17, 15) is 14.7 Å². The second kappa shape index (κ2) is 9.88. The highest BCUT2D eigenvalue weighted by Crippen LogP contribution is 2.21. The number of halogens is 1. The number of benzene rings is 2. The number of aromatic hydroxyl groups is 1. The molecule has 0 fully saturated rings. The molecule has 14 nitrogen and oxygen atoms in total. The smallest absolute Gasteiger partial charge is 0.293 e. The predicted molar refractivity (Wildman–Crippen MR) is 124 cm³/mol. The van der Waals surface area contributed by atoms with E-state index in [1.54, 1.807) is 24.3 Å². The number of carbonyl (C=O) groups is 2. The number of rotatable bonds is 8. The highest BCUT2D eigenvalue weighted by Gasteiger charge is 2.24. The van der Waals surface area contributed by atoms with Gasteiger partial charge in [0.25, 0.3) is 11.8 Å². The molecule has 0 unspecified atom stereocenters. The number of amides is 2. The number of aromatic nitrogens is 5. The number of para-hydroxylation sites is 1. The molecule has 4 aromatic rings. The van der Waals surface area contributed by atoms with Gasteiger partial charge in [0, 0.05) is 16.3 Å². The Hall–Kier alpha value is -4.98. The summed E-state index contributed by atoms with van der Waals surface area (Å²) in [6.45, 7) is -0.0505. The first-order valence-corrected chi connectivity index (χ1v) is 10.2. The normalized spacial score (nSPS) is 11.0. The third-order valence-corrected chi connectivity index (χ3v) is 4.91. The number of hydrogen-bond donors (Lipinski definition) is 5. The van der Waals surface area contributed by atoms with Crippen LogP contribution in [0.25, 0.3) is 5.82 Å². The number of nitrogens with two attached hydrogens (primary N) is 2. The van der Waals surface area contributed by atoms with E-state index in [0.29, 0.717) is 10.7 Å². The lowest BCUT2D eigenvalue weighted by molar-refractivity contribution is 0.0947. The van der Waals surface area contributed by atoms with Crippen molar-refractivity contribution in [1.29, 1.82) is 0 Å². The third-order valence-electron chi connectivity index (χ3n) is 4.67. The number of phenols is 1. The molecule has 7 N–H and O–H groups in total. The fraction of sp³-hybridized carbons (Fsp3) is 0.0500. The summed E-state index contributed by atoms with van der Waals surface area (Å²) in [6.07, 6.45) is 1.21. The summed E-state index contributed by atoms with van der Waals surface area (Å²) in [5.41, 5.74) is 14.5. The molecule has 0 bridgehead atoms. The Kier molecular flexibility index (Phi) is 6.55. The molecule has 2 aromatic carbocycles. The molecular weight excluding hydrogens is 480 g/mol. The van der Waals surface area contributed by atoms with E-state index in [2.05, 4.69) is 41.1 Å². The van der Waals surface area contributed by atoms with Crippen LogP contribution in [0.2, 0.25) is 5.02 Å². The lowest BCUT2D eigenvalue weighted by atomic mass is 10.1. The molecule has 0 saturated heterocycles. The Morgan fingerprint density at radius 1 is 1.23 bits per heavy atom. The van der Waals surface area contributed by atoms with Crippen molar-refractivity contribution >= 4 is 41.1 Å². The number of carbonyl (C=O) groups excluding carboxylic acids is 2. The maximum absolute atomic E-state index is 12.8. The van der Waals surface area contributed by atoms with Gasteiger partial charge in [0.1, 0.15) is 5.75 Å². The molecule has 2 heterocycles. The maximum atomic E-state index is 12.8. The van der Waals surface area contributed by atoms with E-state index >= 15 is 0 Å². The lowest BCUT2D eigenvalue weighted by Crippen LogP contribution is -2.22. The van der Waals surface area contributed by atoms with Gasteiger partial charge < -0.3 is 21.9 Å². The topological polar surface area (TPSA) is 212 Å². The van der Waals surface area contributed by atoms with Gasteiger partial charge in [-0.2, -0.15) is 9.78 Å². The number of hydrazone groups is 1. The summed E-state index contributed by atoms with van der Waals surface area (Å²) in [4.78, 5) is 24.6.